The van der Waals surface area contributed by atoms with Crippen molar-refractivity contribution in [1.82, 2.24) is 10.6 Å². The predicted molar refractivity (Wildman–Crippen MR) is 67.5 cm³/mol. The van der Waals surface area contributed by atoms with Crippen LogP contribution in [0.1, 0.15) is 40.0 Å². The van der Waals surface area contributed by atoms with Gasteiger partial charge in [-0.05, 0) is 63.7 Å². The highest BCUT2D eigenvalue weighted by molar-refractivity contribution is 5.81. The van der Waals surface area contributed by atoms with Crippen LogP contribution in [-0.4, -0.2) is 24.0 Å². The van der Waals surface area contributed by atoms with Gasteiger partial charge in [0.1, 0.15) is 0 Å². The van der Waals surface area contributed by atoms with Gasteiger partial charge in [0.2, 0.25) is 5.91 Å². The molecule has 17 heavy (non-hydrogen) atoms. The van der Waals surface area contributed by atoms with Crippen molar-refractivity contribution in [3.05, 3.63) is 0 Å². The molecule has 3 fully saturated rings. The molecule has 1 amide bonds. The molecule has 3 rings (SSSR count). The van der Waals surface area contributed by atoms with Crippen LogP contribution >= 0.6 is 0 Å². The maximum atomic E-state index is 11.8. The normalized spacial score (nSPS) is 43.6. The maximum Gasteiger partial charge on any atom is 0.237 e. The first-order valence-electron chi connectivity index (χ1n) is 7.14. The molecule has 0 aromatic heterocycles. The molecule has 0 spiro atoms. The summed E-state index contributed by atoms with van der Waals surface area (Å²) in [6.45, 7) is 6.01. The van der Waals surface area contributed by atoms with Crippen molar-refractivity contribution in [3.8, 4) is 0 Å². The van der Waals surface area contributed by atoms with Crippen LogP contribution in [0.3, 0.4) is 0 Å². The number of carbonyl (C=O) groups excluding carboxylic acids is 1. The molecule has 96 valence electrons. The lowest BCUT2D eigenvalue weighted by Gasteiger charge is -2.18. The van der Waals surface area contributed by atoms with Gasteiger partial charge in [-0.25, -0.2) is 0 Å². The van der Waals surface area contributed by atoms with Crippen molar-refractivity contribution in [3.63, 3.8) is 0 Å². The second-order valence-corrected chi connectivity index (χ2v) is 6.57. The second kappa shape index (κ2) is 3.98. The van der Waals surface area contributed by atoms with Crippen LogP contribution in [0.5, 0.6) is 0 Å². The number of rotatable bonds is 4. The lowest BCUT2D eigenvalue weighted by atomic mass is 10.0. The van der Waals surface area contributed by atoms with Gasteiger partial charge in [0.05, 0.1) is 6.04 Å². The first-order valence-corrected chi connectivity index (χ1v) is 7.14. The van der Waals surface area contributed by atoms with Crippen LogP contribution in [0, 0.1) is 23.7 Å². The third-order valence-electron chi connectivity index (χ3n) is 5.00. The molecular formula is C14H24N2O. The van der Waals surface area contributed by atoms with Crippen molar-refractivity contribution in [2.24, 2.45) is 23.7 Å². The van der Waals surface area contributed by atoms with E-state index in [4.69, 9.17) is 0 Å². The Morgan fingerprint density at radius 2 is 1.71 bits per heavy atom. The summed E-state index contributed by atoms with van der Waals surface area (Å²) in [6, 6.07) is 0.850. The van der Waals surface area contributed by atoms with Gasteiger partial charge < -0.3 is 10.6 Å². The smallest absolute Gasteiger partial charge is 0.237 e. The van der Waals surface area contributed by atoms with Crippen molar-refractivity contribution < 1.29 is 4.79 Å². The van der Waals surface area contributed by atoms with Crippen LogP contribution in [0.4, 0.5) is 0 Å². The van der Waals surface area contributed by atoms with Crippen LogP contribution < -0.4 is 10.6 Å². The van der Waals surface area contributed by atoms with Crippen molar-refractivity contribution in [2.75, 3.05) is 0 Å². The Morgan fingerprint density at radius 1 is 1.12 bits per heavy atom. The average molecular weight is 236 g/mol. The van der Waals surface area contributed by atoms with Crippen LogP contribution in [0.2, 0.25) is 0 Å². The molecule has 2 bridgehead atoms. The number of amides is 1. The monoisotopic (exact) mass is 236 g/mol. The second-order valence-electron chi connectivity index (χ2n) is 6.57. The summed E-state index contributed by atoms with van der Waals surface area (Å²) >= 11 is 0. The first-order chi connectivity index (χ1) is 8.08. The predicted octanol–water partition coefficient (Wildman–Crippen LogP) is 1.53. The van der Waals surface area contributed by atoms with Crippen LogP contribution in [0.15, 0.2) is 0 Å². The Balaban J connectivity index is 1.51. The Morgan fingerprint density at radius 3 is 2.24 bits per heavy atom. The molecule has 3 heteroatoms. The molecular weight excluding hydrogens is 212 g/mol. The van der Waals surface area contributed by atoms with E-state index in [9.17, 15) is 4.79 Å². The molecule has 0 aliphatic heterocycles. The van der Waals surface area contributed by atoms with Crippen LogP contribution in [0.25, 0.3) is 0 Å². The summed E-state index contributed by atoms with van der Waals surface area (Å²) in [4.78, 5) is 11.8. The van der Waals surface area contributed by atoms with E-state index in [1.165, 1.54) is 19.3 Å². The molecule has 5 unspecified atom stereocenters. The number of fused-ring (bicyclic) bond motifs is 5. The van der Waals surface area contributed by atoms with E-state index in [-0.39, 0.29) is 18.0 Å². The highest BCUT2D eigenvalue weighted by Crippen LogP contribution is 2.65. The minimum atomic E-state index is -0.0348. The molecule has 0 aromatic carbocycles. The fraction of sp³-hybridized carbons (Fsp3) is 0.929. The van der Waals surface area contributed by atoms with E-state index in [0.717, 1.165) is 23.7 Å². The van der Waals surface area contributed by atoms with Gasteiger partial charge in [0.25, 0.3) is 0 Å². The summed E-state index contributed by atoms with van der Waals surface area (Å²) in [7, 11) is 0. The molecule has 0 radical (unpaired) electrons. The molecule has 2 N–H and O–H groups in total. The molecule has 3 aliphatic carbocycles. The van der Waals surface area contributed by atoms with Gasteiger partial charge >= 0.3 is 0 Å². The quantitative estimate of drug-likeness (QED) is 0.777. The minimum Gasteiger partial charge on any atom is -0.353 e. The Kier molecular flexibility index (Phi) is 2.69. The lowest BCUT2D eigenvalue weighted by Crippen LogP contribution is -2.46. The average Bonchev–Trinajstić information content (AvgIpc) is 2.69. The van der Waals surface area contributed by atoms with Crippen molar-refractivity contribution in [1.29, 1.82) is 0 Å². The highest BCUT2D eigenvalue weighted by atomic mass is 16.2. The molecule has 0 heterocycles. The zero-order valence-electron chi connectivity index (χ0n) is 11.1. The molecule has 3 saturated carbocycles. The first kappa shape index (κ1) is 11.5. The zero-order chi connectivity index (χ0) is 12.2. The van der Waals surface area contributed by atoms with Crippen LogP contribution in [-0.2, 0) is 4.79 Å². The summed E-state index contributed by atoms with van der Waals surface area (Å²) in [5, 5.41) is 6.53. The Hall–Kier alpha value is -0.570. The number of hydrogen-bond acceptors (Lipinski definition) is 2. The van der Waals surface area contributed by atoms with Gasteiger partial charge in [0, 0.05) is 12.1 Å². The van der Waals surface area contributed by atoms with E-state index < -0.39 is 0 Å². The van der Waals surface area contributed by atoms with Gasteiger partial charge in [-0.3, -0.25) is 4.79 Å². The molecule has 0 saturated heterocycles. The maximum absolute atomic E-state index is 11.8. The van der Waals surface area contributed by atoms with E-state index >= 15 is 0 Å². The fourth-order valence-electron chi connectivity index (χ4n) is 4.32. The largest absolute Gasteiger partial charge is 0.353 e. The molecule has 3 nitrogen and oxygen atoms in total. The number of nitrogens with one attached hydrogen (secondary N) is 2. The van der Waals surface area contributed by atoms with E-state index in [1.807, 2.05) is 20.8 Å². The summed E-state index contributed by atoms with van der Waals surface area (Å²) in [5.41, 5.74) is 0. The summed E-state index contributed by atoms with van der Waals surface area (Å²) < 4.78 is 0. The molecule has 3 aliphatic rings. The fourth-order valence-corrected chi connectivity index (χ4v) is 4.32. The Bertz CT molecular complexity index is 312. The highest BCUT2D eigenvalue weighted by Gasteiger charge is 2.65. The minimum absolute atomic E-state index is 0.0348. The molecule has 5 atom stereocenters. The SMILES string of the molecule is CC(C)NC(=O)C(C)NC1C2C3CCC(C3)C12. The number of hydrogen-bond donors (Lipinski definition) is 2. The van der Waals surface area contributed by atoms with Crippen molar-refractivity contribution in [2.45, 2.75) is 58.2 Å². The zero-order valence-corrected chi connectivity index (χ0v) is 11.1. The summed E-state index contributed by atoms with van der Waals surface area (Å²) in [6.07, 6.45) is 4.35. The van der Waals surface area contributed by atoms with Gasteiger partial charge in [-0.2, -0.15) is 0 Å². The van der Waals surface area contributed by atoms with Gasteiger partial charge in [0.15, 0.2) is 0 Å². The topological polar surface area (TPSA) is 41.1 Å². The third kappa shape index (κ3) is 1.88. The van der Waals surface area contributed by atoms with Crippen molar-refractivity contribution >= 4 is 5.91 Å². The number of carbonyl (C=O) groups is 1. The van der Waals surface area contributed by atoms with Gasteiger partial charge in [-0.1, -0.05) is 0 Å². The lowest BCUT2D eigenvalue weighted by molar-refractivity contribution is -0.123. The third-order valence-corrected chi connectivity index (χ3v) is 5.00. The molecule has 0 aromatic rings. The summed E-state index contributed by atoms with van der Waals surface area (Å²) in [5.74, 6) is 3.91. The standard InChI is InChI=1S/C14H24N2O/c1-7(2)15-14(17)8(3)16-13-11-9-4-5-10(6-9)12(11)13/h7-13,16H,4-6H2,1-3H3,(H,15,17). The van der Waals surface area contributed by atoms with E-state index in [0.29, 0.717) is 6.04 Å². The Labute approximate surface area is 104 Å². The van der Waals surface area contributed by atoms with Gasteiger partial charge in [-0.15, -0.1) is 0 Å². The van der Waals surface area contributed by atoms with E-state index in [2.05, 4.69) is 10.6 Å². The van der Waals surface area contributed by atoms with E-state index in [1.54, 1.807) is 0 Å².